The molecule has 2 heterocycles. The molecule has 0 aromatic carbocycles. The number of halogens is 1. The monoisotopic (exact) mass is 341 g/mol. The molecule has 0 bridgehead atoms. The molecule has 7 heteroatoms. The summed E-state index contributed by atoms with van der Waals surface area (Å²) < 4.78 is 27.3. The van der Waals surface area contributed by atoms with Crippen LogP contribution in [0.1, 0.15) is 6.42 Å². The van der Waals surface area contributed by atoms with Gasteiger partial charge in [0.2, 0.25) is 0 Å². The van der Waals surface area contributed by atoms with Gasteiger partial charge in [-0.2, -0.15) is 16.1 Å². The van der Waals surface area contributed by atoms with Crippen LogP contribution in [0.5, 0.6) is 0 Å². The lowest BCUT2D eigenvalue weighted by atomic mass is 10.5. The van der Waals surface area contributed by atoms with Gasteiger partial charge < -0.3 is 0 Å². The maximum absolute atomic E-state index is 12.3. The molecule has 0 aliphatic carbocycles. The molecule has 1 aliphatic rings. The number of hydrogen-bond acceptors (Lipinski definition) is 4. The summed E-state index contributed by atoms with van der Waals surface area (Å²) in [5.41, 5.74) is 0. The van der Waals surface area contributed by atoms with Crippen molar-refractivity contribution in [3.63, 3.8) is 0 Å². The molecule has 1 fully saturated rings. The third-order valence-electron chi connectivity index (χ3n) is 2.34. The summed E-state index contributed by atoms with van der Waals surface area (Å²) in [4.78, 5) is 0. The van der Waals surface area contributed by atoms with E-state index in [1.165, 1.54) is 11.3 Å². The van der Waals surface area contributed by atoms with Crippen LogP contribution in [-0.4, -0.2) is 37.3 Å². The van der Waals surface area contributed by atoms with Gasteiger partial charge in [0, 0.05) is 23.3 Å². The maximum atomic E-state index is 12.3. The molecule has 0 spiro atoms. The van der Waals surface area contributed by atoms with Crippen LogP contribution in [0.4, 0.5) is 0 Å². The lowest BCUT2D eigenvalue weighted by Crippen LogP contribution is -2.32. The Labute approximate surface area is 112 Å². The highest BCUT2D eigenvalue weighted by Gasteiger charge is 2.28. The van der Waals surface area contributed by atoms with Crippen molar-refractivity contribution < 1.29 is 8.42 Å². The van der Waals surface area contributed by atoms with Crippen molar-refractivity contribution in [3.8, 4) is 0 Å². The van der Waals surface area contributed by atoms with E-state index in [1.807, 2.05) is 11.8 Å². The summed E-state index contributed by atoms with van der Waals surface area (Å²) >= 11 is 6.38. The van der Waals surface area contributed by atoms with Crippen molar-refractivity contribution in [2.45, 2.75) is 10.6 Å². The molecule has 0 unspecified atom stereocenters. The summed E-state index contributed by atoms with van der Waals surface area (Å²) in [6.45, 7) is 1.26. The minimum absolute atomic E-state index is 0.430. The summed E-state index contributed by atoms with van der Waals surface area (Å²) in [5, 5.41) is 1.80. The lowest BCUT2D eigenvalue weighted by molar-refractivity contribution is 0.436. The number of nitrogens with zero attached hydrogens (tertiary/aromatic N) is 1. The van der Waals surface area contributed by atoms with Crippen LogP contribution in [0.15, 0.2) is 20.1 Å². The first kappa shape index (κ1) is 12.9. The molecule has 1 aliphatic heterocycles. The second kappa shape index (κ2) is 5.39. The quantitative estimate of drug-likeness (QED) is 0.829. The second-order valence-electron chi connectivity index (χ2n) is 3.43. The van der Waals surface area contributed by atoms with Gasteiger partial charge in [-0.1, -0.05) is 0 Å². The molecule has 0 N–H and O–H groups in total. The fourth-order valence-electron chi connectivity index (χ4n) is 1.54. The number of rotatable bonds is 2. The van der Waals surface area contributed by atoms with E-state index in [0.717, 1.165) is 17.9 Å². The summed E-state index contributed by atoms with van der Waals surface area (Å²) in [6.07, 6.45) is 0.937. The van der Waals surface area contributed by atoms with E-state index in [9.17, 15) is 8.42 Å². The van der Waals surface area contributed by atoms with Crippen molar-refractivity contribution in [2.24, 2.45) is 0 Å². The van der Waals surface area contributed by atoms with Crippen LogP contribution in [0.2, 0.25) is 0 Å². The molecule has 0 amide bonds. The van der Waals surface area contributed by atoms with Crippen molar-refractivity contribution >= 4 is 49.1 Å². The predicted molar refractivity (Wildman–Crippen MR) is 72.7 cm³/mol. The average Bonchev–Trinajstić information content (AvgIpc) is 2.55. The molecule has 0 saturated carbocycles. The van der Waals surface area contributed by atoms with Gasteiger partial charge in [-0.05, 0) is 39.6 Å². The van der Waals surface area contributed by atoms with Crippen molar-refractivity contribution in [1.29, 1.82) is 0 Å². The summed E-state index contributed by atoms with van der Waals surface area (Å²) in [7, 11) is -3.28. The van der Waals surface area contributed by atoms with Crippen LogP contribution >= 0.6 is 39.0 Å². The van der Waals surface area contributed by atoms with E-state index in [1.54, 1.807) is 15.8 Å². The first-order chi connectivity index (χ1) is 7.62. The summed E-state index contributed by atoms with van der Waals surface area (Å²) in [5.74, 6) is 1.94. The van der Waals surface area contributed by atoms with Crippen molar-refractivity contribution in [3.05, 3.63) is 15.9 Å². The Morgan fingerprint density at radius 1 is 1.31 bits per heavy atom. The Morgan fingerprint density at radius 3 is 2.81 bits per heavy atom. The third kappa shape index (κ3) is 2.64. The van der Waals surface area contributed by atoms with E-state index >= 15 is 0 Å². The molecule has 16 heavy (non-hydrogen) atoms. The van der Waals surface area contributed by atoms with E-state index in [0.29, 0.717) is 21.8 Å². The van der Waals surface area contributed by atoms with Crippen molar-refractivity contribution in [1.82, 2.24) is 4.31 Å². The third-order valence-corrected chi connectivity index (χ3v) is 7.93. The zero-order valence-corrected chi connectivity index (χ0v) is 12.6. The molecule has 1 aromatic rings. The van der Waals surface area contributed by atoms with Crippen LogP contribution < -0.4 is 0 Å². The highest BCUT2D eigenvalue weighted by molar-refractivity contribution is 9.10. The van der Waals surface area contributed by atoms with Crippen LogP contribution in [0, 0.1) is 0 Å². The standard InChI is InChI=1S/C9H12BrNO2S3/c10-8-2-6-15-9(8)16(12,13)11-3-1-5-14-7-4-11/h2,6H,1,3-5,7H2. The maximum Gasteiger partial charge on any atom is 0.253 e. The highest BCUT2D eigenvalue weighted by Crippen LogP contribution is 2.31. The van der Waals surface area contributed by atoms with E-state index in [-0.39, 0.29) is 0 Å². The first-order valence-corrected chi connectivity index (χ1v) is 9.20. The fraction of sp³-hybridized carbons (Fsp3) is 0.556. The normalized spacial score (nSPS) is 19.6. The Balaban J connectivity index is 2.27. The SMILES string of the molecule is O=S(=O)(c1sccc1Br)N1CCCSCC1. The molecular formula is C9H12BrNO2S3. The minimum Gasteiger partial charge on any atom is -0.206 e. The van der Waals surface area contributed by atoms with Crippen LogP contribution in [0.25, 0.3) is 0 Å². The number of thiophene rings is 1. The Hall–Kier alpha value is 0.440. The molecule has 90 valence electrons. The number of sulfonamides is 1. The number of hydrogen-bond donors (Lipinski definition) is 0. The minimum atomic E-state index is -3.28. The lowest BCUT2D eigenvalue weighted by Gasteiger charge is -2.18. The molecule has 3 nitrogen and oxygen atoms in total. The highest BCUT2D eigenvalue weighted by atomic mass is 79.9. The Kier molecular flexibility index (Phi) is 4.34. The summed E-state index contributed by atoms with van der Waals surface area (Å²) in [6, 6.07) is 1.78. The second-order valence-corrected chi connectivity index (χ2v) is 8.55. The first-order valence-electron chi connectivity index (χ1n) is 4.93. The fourth-order valence-corrected chi connectivity index (χ4v) is 6.48. The van der Waals surface area contributed by atoms with Gasteiger partial charge in [-0.25, -0.2) is 8.42 Å². The number of thioether (sulfide) groups is 1. The van der Waals surface area contributed by atoms with Gasteiger partial charge in [0.1, 0.15) is 4.21 Å². The Morgan fingerprint density at radius 2 is 2.12 bits per heavy atom. The smallest absolute Gasteiger partial charge is 0.206 e. The van der Waals surface area contributed by atoms with Crippen molar-refractivity contribution in [2.75, 3.05) is 24.6 Å². The zero-order chi connectivity index (χ0) is 11.6. The van der Waals surface area contributed by atoms with Gasteiger partial charge in [0.05, 0.1) is 0 Å². The van der Waals surface area contributed by atoms with E-state index < -0.39 is 10.0 Å². The molecular weight excluding hydrogens is 330 g/mol. The molecule has 2 rings (SSSR count). The molecule has 0 radical (unpaired) electrons. The molecule has 0 atom stereocenters. The van der Waals surface area contributed by atoms with Gasteiger partial charge >= 0.3 is 0 Å². The van der Waals surface area contributed by atoms with Gasteiger partial charge in [0.15, 0.2) is 0 Å². The predicted octanol–water partition coefficient (Wildman–Crippen LogP) is 2.64. The Bertz CT molecular complexity index is 449. The van der Waals surface area contributed by atoms with Gasteiger partial charge in [0.25, 0.3) is 10.0 Å². The van der Waals surface area contributed by atoms with E-state index in [4.69, 9.17) is 0 Å². The topological polar surface area (TPSA) is 37.4 Å². The molecule has 1 aromatic heterocycles. The molecule has 1 saturated heterocycles. The average molecular weight is 342 g/mol. The van der Waals surface area contributed by atoms with Gasteiger partial charge in [-0.15, -0.1) is 11.3 Å². The van der Waals surface area contributed by atoms with Crippen LogP contribution in [0.3, 0.4) is 0 Å². The van der Waals surface area contributed by atoms with Crippen LogP contribution in [-0.2, 0) is 10.0 Å². The van der Waals surface area contributed by atoms with E-state index in [2.05, 4.69) is 15.9 Å². The largest absolute Gasteiger partial charge is 0.253 e. The zero-order valence-electron chi connectivity index (χ0n) is 8.56. The van der Waals surface area contributed by atoms with Gasteiger partial charge in [-0.3, -0.25) is 0 Å².